The Kier molecular flexibility index (Phi) is 2.65. The Balaban J connectivity index is 3.88. The van der Waals surface area contributed by atoms with Gasteiger partial charge in [0, 0.05) is 5.92 Å². The van der Waals surface area contributed by atoms with E-state index in [1.54, 1.807) is 13.8 Å². The van der Waals surface area contributed by atoms with Gasteiger partial charge in [0.2, 0.25) is 5.82 Å². The quantitative estimate of drug-likeness (QED) is 0.504. The van der Waals surface area contributed by atoms with Gasteiger partial charge in [0.15, 0.2) is 7.85 Å². The van der Waals surface area contributed by atoms with E-state index in [1.165, 1.54) is 6.92 Å². The minimum atomic E-state index is -3.02. The van der Waals surface area contributed by atoms with Crippen LogP contribution < -0.4 is 0 Å². The van der Waals surface area contributed by atoms with Gasteiger partial charge in [-0.2, -0.15) is 0 Å². The Morgan fingerprint density at radius 3 is 1.56 bits per heavy atom. The van der Waals surface area contributed by atoms with E-state index in [4.69, 9.17) is 0 Å². The highest BCUT2D eigenvalue weighted by atomic mass is 19.3. The summed E-state index contributed by atoms with van der Waals surface area (Å²) in [5, 5.41) is 0. The van der Waals surface area contributed by atoms with Gasteiger partial charge in [0.05, 0.1) is 0 Å². The van der Waals surface area contributed by atoms with Gasteiger partial charge in [-0.1, -0.05) is 20.8 Å². The highest BCUT2D eigenvalue weighted by Gasteiger charge is 2.31. The van der Waals surface area contributed by atoms with Crippen molar-refractivity contribution in [1.29, 1.82) is 0 Å². The Morgan fingerprint density at radius 1 is 1.22 bits per heavy atom. The predicted octanol–water partition coefficient (Wildman–Crippen LogP) is 2.04. The van der Waals surface area contributed by atoms with E-state index in [2.05, 4.69) is 7.85 Å². The standard InChI is InChI=1S/C6H11BF2/c1-4(2)5(3)6(7,8)9/h4-5H,1-3H3/t5-/m0/s1. The Morgan fingerprint density at radius 2 is 1.56 bits per heavy atom. The lowest BCUT2D eigenvalue weighted by molar-refractivity contribution is 0.0153. The van der Waals surface area contributed by atoms with Crippen molar-refractivity contribution in [2.45, 2.75) is 26.6 Å². The third-order valence-electron chi connectivity index (χ3n) is 1.61. The monoisotopic (exact) mass is 132 g/mol. The first kappa shape index (κ1) is 8.92. The van der Waals surface area contributed by atoms with E-state index in [0.29, 0.717) is 0 Å². The van der Waals surface area contributed by atoms with E-state index >= 15 is 0 Å². The summed E-state index contributed by atoms with van der Waals surface area (Å²) in [4.78, 5) is 0. The Bertz CT molecular complexity index is 85.5. The molecule has 2 radical (unpaired) electrons. The molecule has 0 saturated heterocycles. The smallest absolute Gasteiger partial charge is 0.202 e. The van der Waals surface area contributed by atoms with Crippen molar-refractivity contribution >= 4 is 7.85 Å². The second-order valence-corrected chi connectivity index (χ2v) is 2.71. The van der Waals surface area contributed by atoms with Crippen LogP contribution in [0.2, 0.25) is 0 Å². The molecule has 0 rings (SSSR count). The van der Waals surface area contributed by atoms with Crippen molar-refractivity contribution in [3.8, 4) is 0 Å². The molecule has 0 saturated carbocycles. The number of halogens is 2. The van der Waals surface area contributed by atoms with Gasteiger partial charge in [-0.15, -0.1) is 0 Å². The number of hydrogen-bond acceptors (Lipinski definition) is 0. The summed E-state index contributed by atoms with van der Waals surface area (Å²) >= 11 is 0. The van der Waals surface area contributed by atoms with Crippen LogP contribution in [0.1, 0.15) is 20.8 Å². The van der Waals surface area contributed by atoms with Crippen LogP contribution in [0, 0.1) is 11.8 Å². The molecule has 0 aliphatic carbocycles. The van der Waals surface area contributed by atoms with E-state index < -0.39 is 11.7 Å². The van der Waals surface area contributed by atoms with Crippen molar-refractivity contribution in [2.75, 3.05) is 0 Å². The molecule has 0 aromatic heterocycles. The van der Waals surface area contributed by atoms with Crippen LogP contribution in [0.5, 0.6) is 0 Å². The minimum absolute atomic E-state index is 0.0648. The molecular weight excluding hydrogens is 121 g/mol. The zero-order chi connectivity index (χ0) is 7.65. The lowest BCUT2D eigenvalue weighted by Crippen LogP contribution is -2.29. The first-order valence-corrected chi connectivity index (χ1v) is 3.02. The molecule has 52 valence electrons. The van der Waals surface area contributed by atoms with Crippen LogP contribution in [-0.4, -0.2) is 13.7 Å². The Labute approximate surface area is 56.0 Å². The van der Waals surface area contributed by atoms with E-state index in [0.717, 1.165) is 0 Å². The normalized spacial score (nSPS) is 16.2. The molecule has 0 nitrogen and oxygen atoms in total. The minimum Gasteiger partial charge on any atom is -0.219 e. The lowest BCUT2D eigenvalue weighted by atomic mass is 9.80. The summed E-state index contributed by atoms with van der Waals surface area (Å²) < 4.78 is 24.3. The van der Waals surface area contributed by atoms with E-state index in [9.17, 15) is 8.78 Å². The number of rotatable bonds is 2. The van der Waals surface area contributed by atoms with E-state index in [-0.39, 0.29) is 5.92 Å². The van der Waals surface area contributed by atoms with Crippen LogP contribution in [0.3, 0.4) is 0 Å². The molecule has 0 spiro atoms. The second kappa shape index (κ2) is 2.67. The Hall–Kier alpha value is -0.0751. The molecular formula is C6H11BF2. The van der Waals surface area contributed by atoms with E-state index in [1.807, 2.05) is 0 Å². The van der Waals surface area contributed by atoms with Gasteiger partial charge < -0.3 is 0 Å². The summed E-state index contributed by atoms with van der Waals surface area (Å²) in [6.45, 7) is 4.90. The molecule has 0 aliphatic heterocycles. The molecule has 0 heterocycles. The zero-order valence-corrected chi connectivity index (χ0v) is 5.99. The SMILES string of the molecule is [B]C(F)(F)[C@@H](C)C(C)C. The maximum atomic E-state index is 12.1. The van der Waals surface area contributed by atoms with Gasteiger partial charge in [0.1, 0.15) is 0 Å². The molecule has 0 fully saturated rings. The first-order chi connectivity index (χ1) is 3.85. The second-order valence-electron chi connectivity index (χ2n) is 2.71. The highest BCUT2D eigenvalue weighted by molar-refractivity contribution is 6.13. The topological polar surface area (TPSA) is 0 Å². The maximum absolute atomic E-state index is 12.1. The molecule has 0 amide bonds. The molecule has 0 aromatic carbocycles. The summed E-state index contributed by atoms with van der Waals surface area (Å²) in [6, 6.07) is 0. The van der Waals surface area contributed by atoms with Crippen LogP contribution in [-0.2, 0) is 0 Å². The van der Waals surface area contributed by atoms with Crippen molar-refractivity contribution in [3.63, 3.8) is 0 Å². The molecule has 0 N–H and O–H groups in total. The van der Waals surface area contributed by atoms with Crippen LogP contribution >= 0.6 is 0 Å². The first-order valence-electron chi connectivity index (χ1n) is 3.02. The lowest BCUT2D eigenvalue weighted by Gasteiger charge is -2.22. The average molecular weight is 132 g/mol. The van der Waals surface area contributed by atoms with Gasteiger partial charge >= 0.3 is 0 Å². The average Bonchev–Trinajstić information content (AvgIpc) is 1.62. The fourth-order valence-corrected chi connectivity index (χ4v) is 0.444. The summed E-state index contributed by atoms with van der Waals surface area (Å²) in [6.07, 6.45) is 0. The molecule has 3 heteroatoms. The zero-order valence-electron chi connectivity index (χ0n) is 5.99. The van der Waals surface area contributed by atoms with Crippen molar-refractivity contribution < 1.29 is 8.78 Å². The molecule has 1 atom stereocenters. The fraction of sp³-hybridized carbons (Fsp3) is 1.00. The summed E-state index contributed by atoms with van der Waals surface area (Å²) in [5.41, 5.74) is 0. The molecule has 0 unspecified atom stereocenters. The van der Waals surface area contributed by atoms with Crippen molar-refractivity contribution in [1.82, 2.24) is 0 Å². The summed E-state index contributed by atoms with van der Waals surface area (Å²) in [5.74, 6) is -3.82. The predicted molar refractivity (Wildman–Crippen MR) is 34.7 cm³/mol. The number of alkyl halides is 2. The van der Waals surface area contributed by atoms with Crippen molar-refractivity contribution in [3.05, 3.63) is 0 Å². The molecule has 0 aromatic rings. The van der Waals surface area contributed by atoms with Gasteiger partial charge in [0.25, 0.3) is 0 Å². The highest BCUT2D eigenvalue weighted by Crippen LogP contribution is 2.26. The fourth-order valence-electron chi connectivity index (χ4n) is 0.444. The summed E-state index contributed by atoms with van der Waals surface area (Å²) in [7, 11) is 4.55. The van der Waals surface area contributed by atoms with Gasteiger partial charge in [-0.3, -0.25) is 0 Å². The third kappa shape index (κ3) is 2.82. The van der Waals surface area contributed by atoms with Crippen LogP contribution in [0.25, 0.3) is 0 Å². The van der Waals surface area contributed by atoms with Crippen LogP contribution in [0.4, 0.5) is 8.78 Å². The van der Waals surface area contributed by atoms with Crippen LogP contribution in [0.15, 0.2) is 0 Å². The molecule has 9 heavy (non-hydrogen) atoms. The molecule has 0 aliphatic rings. The number of hydrogen-bond donors (Lipinski definition) is 0. The largest absolute Gasteiger partial charge is 0.219 e. The van der Waals surface area contributed by atoms with Gasteiger partial charge in [-0.25, -0.2) is 8.78 Å². The third-order valence-corrected chi connectivity index (χ3v) is 1.61. The van der Waals surface area contributed by atoms with Gasteiger partial charge in [-0.05, 0) is 5.92 Å². The van der Waals surface area contributed by atoms with Crippen molar-refractivity contribution in [2.24, 2.45) is 11.8 Å². The maximum Gasteiger partial charge on any atom is 0.202 e. The molecule has 0 bridgehead atoms.